The fourth-order valence-electron chi connectivity index (χ4n) is 0. The van der Waals surface area contributed by atoms with Gasteiger partial charge < -0.3 is 14.4 Å². The molecule has 0 aromatic heterocycles. The minimum Gasteiger partial charge on any atom is -0.786 e. The van der Waals surface area contributed by atoms with Gasteiger partial charge in [-0.2, -0.15) is 0 Å². The van der Waals surface area contributed by atoms with Crippen molar-refractivity contribution in [3.05, 3.63) is 0 Å². The fraction of sp³-hybridized carbons (Fsp3) is 0. The fourth-order valence-corrected chi connectivity index (χ4v) is 0. The van der Waals surface area contributed by atoms with Crippen molar-refractivity contribution in [3.63, 3.8) is 0 Å². The summed E-state index contributed by atoms with van der Waals surface area (Å²) < 4.78 is 18.6. The van der Waals surface area contributed by atoms with Crippen LogP contribution in [-0.2, 0) is 4.57 Å². The van der Waals surface area contributed by atoms with E-state index >= 15 is 0 Å². The third kappa shape index (κ3) is 77.4. The second kappa shape index (κ2) is 6.00. The maximum atomic E-state index is 10.1. The summed E-state index contributed by atoms with van der Waals surface area (Å²) in [5, 5.41) is 0. The number of hydrogen-bond donors (Lipinski definition) is 0. The Labute approximate surface area is 80.7 Å². The van der Waals surface area contributed by atoms with Gasteiger partial charge in [0.05, 0.1) is 0 Å². The van der Waals surface area contributed by atoms with Gasteiger partial charge in [-0.3, -0.25) is 0 Å². The van der Waals surface area contributed by atoms with E-state index in [1.54, 1.807) is 0 Å². The van der Waals surface area contributed by atoms with Crippen molar-refractivity contribution in [3.8, 4) is 0 Å². The zero-order valence-corrected chi connectivity index (χ0v) is 7.59. The standard InChI is InChI=1S/Al.Ca.FH2O3P/c;;1-5(2,3)4/h;;(H2,2,3,4)/q+3;+2;/p-2. The van der Waals surface area contributed by atoms with Gasteiger partial charge in [-0.1, -0.05) is 0 Å². The third-order valence-electron chi connectivity index (χ3n) is 0. The normalized spacial score (nSPS) is 8.43. The van der Waals surface area contributed by atoms with E-state index < -0.39 is 7.91 Å². The predicted molar refractivity (Wildman–Crippen MR) is 20.2 cm³/mol. The van der Waals surface area contributed by atoms with Crippen LogP contribution in [0.5, 0.6) is 0 Å². The molecule has 32 valence electrons. The number of hydrogen-bond acceptors (Lipinski definition) is 3. The Balaban J connectivity index is -0.0000000800. The molecule has 0 heterocycles. The van der Waals surface area contributed by atoms with Crippen LogP contribution >= 0.6 is 7.91 Å². The van der Waals surface area contributed by atoms with Crippen molar-refractivity contribution in [1.82, 2.24) is 0 Å². The van der Waals surface area contributed by atoms with E-state index in [1.807, 2.05) is 0 Å². The van der Waals surface area contributed by atoms with E-state index in [1.165, 1.54) is 0 Å². The molecule has 0 rings (SSSR count). The van der Waals surface area contributed by atoms with Gasteiger partial charge in [0.2, 0.25) is 0 Å². The molecule has 0 radical (unpaired) electrons. The Morgan fingerprint density at radius 3 is 1.43 bits per heavy atom. The first kappa shape index (κ1) is 15.9. The molecule has 0 aliphatic carbocycles. The van der Waals surface area contributed by atoms with Crippen LogP contribution in [0.2, 0.25) is 0 Å². The average molecular weight is 165 g/mol. The minimum absolute atomic E-state index is 0. The third-order valence-corrected chi connectivity index (χ3v) is 0. The van der Waals surface area contributed by atoms with Gasteiger partial charge >= 0.3 is 55.1 Å². The van der Waals surface area contributed by atoms with Crippen LogP contribution in [0.1, 0.15) is 0 Å². The van der Waals surface area contributed by atoms with E-state index in [2.05, 4.69) is 0 Å². The average Bonchev–Trinajstić information content (AvgIpc) is 0.722. The molecule has 0 aliphatic rings. The van der Waals surface area contributed by atoms with Gasteiger partial charge in [0, 0.05) is 0 Å². The molecular formula is AlCaFO3P+3. The molecule has 0 aliphatic heterocycles. The Kier molecular flexibility index (Phi) is 13.7. The molecule has 0 saturated heterocycles. The first-order chi connectivity index (χ1) is 2.00. The zero-order valence-electron chi connectivity index (χ0n) is 3.33. The van der Waals surface area contributed by atoms with E-state index in [-0.39, 0.29) is 55.1 Å². The molecule has 7 heteroatoms. The molecule has 0 unspecified atom stereocenters. The molecule has 7 heavy (non-hydrogen) atoms. The first-order valence-electron chi connectivity index (χ1n) is 0.717. The molecule has 3 nitrogen and oxygen atoms in total. The van der Waals surface area contributed by atoms with Crippen molar-refractivity contribution in [2.75, 3.05) is 0 Å². The van der Waals surface area contributed by atoms with Crippen LogP contribution in [0.25, 0.3) is 0 Å². The monoisotopic (exact) mass is 165 g/mol. The minimum atomic E-state index is -5.64. The molecule has 0 spiro atoms. The smallest absolute Gasteiger partial charge is 0.786 e. The zero-order chi connectivity index (χ0) is 4.50. The van der Waals surface area contributed by atoms with Crippen LogP contribution in [0, 0.1) is 0 Å². The van der Waals surface area contributed by atoms with Crippen LogP contribution in [-0.4, -0.2) is 55.1 Å². The molecule has 0 bridgehead atoms. The quantitative estimate of drug-likeness (QED) is 0.308. The molecule has 0 amide bonds. The predicted octanol–water partition coefficient (Wildman–Crippen LogP) is -1.98. The van der Waals surface area contributed by atoms with Crippen LogP contribution in [0.15, 0.2) is 0 Å². The van der Waals surface area contributed by atoms with Gasteiger partial charge in [0.25, 0.3) is 0 Å². The van der Waals surface area contributed by atoms with Crippen molar-refractivity contribution in [2.45, 2.75) is 0 Å². The molecule has 0 atom stereocenters. The summed E-state index contributed by atoms with van der Waals surface area (Å²) in [6.07, 6.45) is 0. The molecule has 0 aromatic carbocycles. The summed E-state index contributed by atoms with van der Waals surface area (Å²) in [4.78, 5) is 16.9. The Morgan fingerprint density at radius 1 is 1.43 bits per heavy atom. The topological polar surface area (TPSA) is 63.2 Å². The maximum Gasteiger partial charge on any atom is 3.00 e. The molecule has 0 fully saturated rings. The van der Waals surface area contributed by atoms with Gasteiger partial charge in [0.1, 0.15) is 7.91 Å². The van der Waals surface area contributed by atoms with Crippen LogP contribution < -0.4 is 9.79 Å². The summed E-state index contributed by atoms with van der Waals surface area (Å²) in [5.41, 5.74) is 0. The van der Waals surface area contributed by atoms with Crippen LogP contribution in [0.3, 0.4) is 0 Å². The van der Waals surface area contributed by atoms with Crippen LogP contribution in [0.4, 0.5) is 4.20 Å². The molecular weight excluding hydrogens is 165 g/mol. The summed E-state index contributed by atoms with van der Waals surface area (Å²) >= 11 is 0. The van der Waals surface area contributed by atoms with Crippen molar-refractivity contribution in [2.24, 2.45) is 0 Å². The second-order valence-corrected chi connectivity index (χ2v) is 1.29. The Hall–Kier alpha value is 1.87. The van der Waals surface area contributed by atoms with Crippen molar-refractivity contribution >= 4 is 63.0 Å². The van der Waals surface area contributed by atoms with Crippen molar-refractivity contribution < 1.29 is 18.5 Å². The molecule has 0 N–H and O–H groups in total. The number of halogens is 1. The largest absolute Gasteiger partial charge is 3.00 e. The molecule has 0 aromatic rings. The SMILES string of the molecule is O=P([O-])([O-])F.[Al+3].[Ca+2]. The second-order valence-electron chi connectivity index (χ2n) is 0.431. The van der Waals surface area contributed by atoms with Gasteiger partial charge in [-0.25, -0.2) is 4.20 Å². The Morgan fingerprint density at radius 2 is 1.43 bits per heavy atom. The first-order valence-corrected chi connectivity index (χ1v) is 2.15. The Bertz CT molecular complexity index is 61.1. The maximum absolute atomic E-state index is 10.1. The summed E-state index contributed by atoms with van der Waals surface area (Å²) in [6, 6.07) is 0. The van der Waals surface area contributed by atoms with E-state index in [0.717, 1.165) is 0 Å². The van der Waals surface area contributed by atoms with E-state index in [9.17, 15) is 4.20 Å². The number of rotatable bonds is 0. The van der Waals surface area contributed by atoms with Crippen molar-refractivity contribution in [1.29, 1.82) is 0 Å². The van der Waals surface area contributed by atoms with Gasteiger partial charge in [0.15, 0.2) is 0 Å². The van der Waals surface area contributed by atoms with Gasteiger partial charge in [-0.05, 0) is 0 Å². The van der Waals surface area contributed by atoms with E-state index in [0.29, 0.717) is 0 Å². The molecule has 0 saturated carbocycles. The summed E-state index contributed by atoms with van der Waals surface area (Å²) in [6.45, 7) is 0. The van der Waals surface area contributed by atoms with E-state index in [4.69, 9.17) is 14.4 Å². The summed E-state index contributed by atoms with van der Waals surface area (Å²) in [7, 11) is -5.64. The van der Waals surface area contributed by atoms with Gasteiger partial charge in [-0.15, -0.1) is 0 Å². The summed E-state index contributed by atoms with van der Waals surface area (Å²) in [5.74, 6) is 0.